The first-order chi connectivity index (χ1) is 11.0. The third-order valence-electron chi connectivity index (χ3n) is 3.23. The van der Waals surface area contributed by atoms with Crippen LogP contribution in [0.3, 0.4) is 0 Å². The van der Waals surface area contributed by atoms with Gasteiger partial charge >= 0.3 is 5.97 Å². The lowest BCUT2D eigenvalue weighted by molar-refractivity contribution is -0.145. The Balaban J connectivity index is 2.20. The zero-order valence-corrected chi connectivity index (χ0v) is 13.9. The van der Waals surface area contributed by atoms with Gasteiger partial charge in [0.15, 0.2) is 0 Å². The van der Waals surface area contributed by atoms with Gasteiger partial charge in [0.1, 0.15) is 12.3 Å². The number of benzene rings is 1. The molecule has 2 amide bonds. The van der Waals surface area contributed by atoms with Crippen LogP contribution in [0.25, 0.3) is 6.08 Å². The summed E-state index contributed by atoms with van der Waals surface area (Å²) >= 11 is 0.815. The zero-order chi connectivity index (χ0) is 17.0. The summed E-state index contributed by atoms with van der Waals surface area (Å²) < 4.78 is 9.91. The van der Waals surface area contributed by atoms with Crippen LogP contribution in [0, 0.1) is 6.92 Å². The fraction of sp³-hybridized carbons (Fsp3) is 0.312. The Morgan fingerprint density at radius 1 is 1.35 bits per heavy atom. The summed E-state index contributed by atoms with van der Waals surface area (Å²) in [6, 6.07) is 5.43. The van der Waals surface area contributed by atoms with Gasteiger partial charge in [0.2, 0.25) is 0 Å². The molecule has 0 radical (unpaired) electrons. The van der Waals surface area contributed by atoms with Gasteiger partial charge in [-0.1, -0.05) is 6.07 Å². The molecule has 6 nitrogen and oxygen atoms in total. The molecule has 0 spiro atoms. The van der Waals surface area contributed by atoms with Crippen LogP contribution >= 0.6 is 11.8 Å². The summed E-state index contributed by atoms with van der Waals surface area (Å²) in [6.07, 6.45) is 1.64. The van der Waals surface area contributed by atoms with E-state index in [2.05, 4.69) is 0 Å². The van der Waals surface area contributed by atoms with Crippen LogP contribution in [0.1, 0.15) is 18.1 Å². The number of nitrogens with zero attached hydrogens (tertiary/aromatic N) is 1. The van der Waals surface area contributed by atoms with Crippen molar-refractivity contribution in [3.05, 3.63) is 34.2 Å². The molecule has 0 unspecified atom stereocenters. The number of rotatable bonds is 5. The highest BCUT2D eigenvalue weighted by Crippen LogP contribution is 2.33. The number of thioether (sulfide) groups is 1. The topological polar surface area (TPSA) is 72.9 Å². The first kappa shape index (κ1) is 17.1. The van der Waals surface area contributed by atoms with Crippen molar-refractivity contribution in [3.8, 4) is 5.75 Å². The number of esters is 1. The molecule has 1 heterocycles. The molecule has 0 saturated carbocycles. The maximum Gasteiger partial charge on any atom is 0.326 e. The number of aryl methyl sites for hydroxylation is 1. The standard InChI is InChI=1S/C16H17NO5S/c1-4-22-14(18)9-17-15(19)13(23-16(17)20)8-11-5-6-12(21-3)7-10(11)2/h5-8H,4,9H2,1-3H3/b13-8+. The van der Waals surface area contributed by atoms with Crippen molar-refractivity contribution in [1.29, 1.82) is 0 Å². The number of carbonyl (C=O) groups is 3. The highest BCUT2D eigenvalue weighted by molar-refractivity contribution is 8.18. The van der Waals surface area contributed by atoms with Gasteiger partial charge in [-0.15, -0.1) is 0 Å². The van der Waals surface area contributed by atoms with E-state index in [1.165, 1.54) is 0 Å². The van der Waals surface area contributed by atoms with Crippen LogP contribution in [0.15, 0.2) is 23.1 Å². The van der Waals surface area contributed by atoms with Gasteiger partial charge < -0.3 is 9.47 Å². The maximum absolute atomic E-state index is 12.3. The molecule has 1 saturated heterocycles. The van der Waals surface area contributed by atoms with Crippen molar-refractivity contribution in [3.63, 3.8) is 0 Å². The van der Waals surface area contributed by atoms with Gasteiger partial charge in [0.25, 0.3) is 11.1 Å². The Labute approximate surface area is 138 Å². The molecule has 122 valence electrons. The quantitative estimate of drug-likeness (QED) is 0.608. The molecular formula is C16H17NO5S. The normalized spacial score (nSPS) is 16.1. The van der Waals surface area contributed by atoms with E-state index in [9.17, 15) is 14.4 Å². The second-order valence-electron chi connectivity index (χ2n) is 4.80. The third kappa shape index (κ3) is 3.92. The van der Waals surface area contributed by atoms with E-state index in [0.717, 1.165) is 33.5 Å². The van der Waals surface area contributed by atoms with E-state index < -0.39 is 17.1 Å². The number of methoxy groups -OCH3 is 1. The molecule has 2 rings (SSSR count). The van der Waals surface area contributed by atoms with Crippen LogP contribution in [-0.4, -0.2) is 42.3 Å². The summed E-state index contributed by atoms with van der Waals surface area (Å²) in [6.45, 7) is 3.39. The lowest BCUT2D eigenvalue weighted by atomic mass is 10.1. The molecule has 1 aromatic carbocycles. The Bertz CT molecular complexity index is 683. The number of ether oxygens (including phenoxy) is 2. The number of carbonyl (C=O) groups excluding carboxylic acids is 3. The van der Waals surface area contributed by atoms with Crippen molar-refractivity contribution in [2.24, 2.45) is 0 Å². The smallest absolute Gasteiger partial charge is 0.326 e. The molecule has 1 aliphatic rings. The molecule has 23 heavy (non-hydrogen) atoms. The van der Waals surface area contributed by atoms with Crippen LogP contribution in [-0.2, 0) is 14.3 Å². The second kappa shape index (κ2) is 7.32. The predicted octanol–water partition coefficient (Wildman–Crippen LogP) is 2.60. The predicted molar refractivity (Wildman–Crippen MR) is 87.0 cm³/mol. The lowest BCUT2D eigenvalue weighted by Gasteiger charge is -2.10. The van der Waals surface area contributed by atoms with Crippen molar-refractivity contribution in [2.45, 2.75) is 13.8 Å². The van der Waals surface area contributed by atoms with Crippen LogP contribution in [0.2, 0.25) is 0 Å². The Morgan fingerprint density at radius 3 is 2.70 bits per heavy atom. The molecule has 0 aromatic heterocycles. The van der Waals surface area contributed by atoms with Gasteiger partial charge in [0, 0.05) is 0 Å². The maximum atomic E-state index is 12.3. The van der Waals surface area contributed by atoms with Gasteiger partial charge in [-0.3, -0.25) is 19.3 Å². The average molecular weight is 335 g/mol. The SMILES string of the molecule is CCOC(=O)CN1C(=O)S/C(=C/c2ccc(OC)cc2C)C1=O. The third-order valence-corrected chi connectivity index (χ3v) is 4.14. The van der Waals surface area contributed by atoms with Crippen molar-refractivity contribution in [2.75, 3.05) is 20.3 Å². The van der Waals surface area contributed by atoms with E-state index in [-0.39, 0.29) is 18.1 Å². The van der Waals surface area contributed by atoms with E-state index in [4.69, 9.17) is 9.47 Å². The van der Waals surface area contributed by atoms with Crippen LogP contribution in [0.5, 0.6) is 5.75 Å². The molecule has 0 aliphatic carbocycles. The van der Waals surface area contributed by atoms with Crippen molar-refractivity contribution in [1.82, 2.24) is 4.90 Å². The molecule has 0 atom stereocenters. The molecule has 7 heteroatoms. The van der Waals surface area contributed by atoms with Gasteiger partial charge in [-0.2, -0.15) is 0 Å². The largest absolute Gasteiger partial charge is 0.497 e. The van der Waals surface area contributed by atoms with E-state index in [0.29, 0.717) is 0 Å². The molecule has 1 aliphatic heterocycles. The molecule has 0 N–H and O–H groups in total. The monoisotopic (exact) mass is 335 g/mol. The first-order valence-electron chi connectivity index (χ1n) is 7.02. The Hall–Kier alpha value is -2.28. The number of hydrogen-bond donors (Lipinski definition) is 0. The highest BCUT2D eigenvalue weighted by Gasteiger charge is 2.36. The Morgan fingerprint density at radius 2 is 2.09 bits per heavy atom. The minimum atomic E-state index is -0.600. The average Bonchev–Trinajstić information content (AvgIpc) is 2.77. The van der Waals surface area contributed by atoms with E-state index in [1.54, 1.807) is 26.2 Å². The summed E-state index contributed by atoms with van der Waals surface area (Å²) in [5.74, 6) is -0.366. The lowest BCUT2D eigenvalue weighted by Crippen LogP contribution is -2.34. The second-order valence-corrected chi connectivity index (χ2v) is 5.79. The van der Waals surface area contributed by atoms with Crippen LogP contribution in [0.4, 0.5) is 4.79 Å². The zero-order valence-electron chi connectivity index (χ0n) is 13.1. The fourth-order valence-electron chi connectivity index (χ4n) is 2.05. The van der Waals surface area contributed by atoms with Crippen LogP contribution < -0.4 is 4.74 Å². The molecule has 0 bridgehead atoms. The summed E-state index contributed by atoms with van der Waals surface area (Å²) in [4.78, 5) is 36.8. The highest BCUT2D eigenvalue weighted by atomic mass is 32.2. The summed E-state index contributed by atoms with van der Waals surface area (Å²) in [5, 5.41) is -0.472. The van der Waals surface area contributed by atoms with Gasteiger partial charge in [-0.25, -0.2) is 0 Å². The Kier molecular flexibility index (Phi) is 5.44. The minimum Gasteiger partial charge on any atom is -0.497 e. The van der Waals surface area contributed by atoms with Gasteiger partial charge in [0.05, 0.1) is 18.6 Å². The molecular weight excluding hydrogens is 318 g/mol. The summed E-state index contributed by atoms with van der Waals surface area (Å²) in [5.41, 5.74) is 1.73. The van der Waals surface area contributed by atoms with Crippen molar-refractivity contribution < 1.29 is 23.9 Å². The minimum absolute atomic E-state index is 0.204. The van der Waals surface area contributed by atoms with Gasteiger partial charge in [-0.05, 0) is 54.9 Å². The molecule has 1 fully saturated rings. The molecule has 1 aromatic rings. The number of amides is 2. The van der Waals surface area contributed by atoms with E-state index >= 15 is 0 Å². The fourth-order valence-corrected chi connectivity index (χ4v) is 2.88. The van der Waals surface area contributed by atoms with E-state index in [1.807, 2.05) is 19.1 Å². The first-order valence-corrected chi connectivity index (χ1v) is 7.83. The van der Waals surface area contributed by atoms with Crippen molar-refractivity contribution >= 4 is 35.0 Å². The number of hydrogen-bond acceptors (Lipinski definition) is 6. The number of imide groups is 1. The summed E-state index contributed by atoms with van der Waals surface area (Å²) in [7, 11) is 1.58.